The van der Waals surface area contributed by atoms with Gasteiger partial charge in [0.1, 0.15) is 5.03 Å². The van der Waals surface area contributed by atoms with Crippen LogP contribution in [0.25, 0.3) is 11.0 Å². The minimum absolute atomic E-state index is 0.153. The number of nitrogens with two attached hydrogens (primary N) is 1. The molecular weight excluding hydrogens is 282 g/mol. The molecule has 0 amide bonds. The molecule has 0 unspecified atom stereocenters. The molecule has 0 aliphatic rings. The van der Waals surface area contributed by atoms with Gasteiger partial charge in [-0.05, 0) is 23.1 Å². The number of benzene rings is 1. The Kier molecular flexibility index (Phi) is 3.33. The van der Waals surface area contributed by atoms with Crippen LogP contribution in [0.5, 0.6) is 0 Å². The van der Waals surface area contributed by atoms with Crippen molar-refractivity contribution in [2.24, 2.45) is 0 Å². The number of fused-ring (bicyclic) bond motifs is 1. The summed E-state index contributed by atoms with van der Waals surface area (Å²) in [7, 11) is 0. The van der Waals surface area contributed by atoms with Gasteiger partial charge in [-0.15, -0.1) is 0 Å². The van der Waals surface area contributed by atoms with Gasteiger partial charge in [-0.3, -0.25) is 5.10 Å². The average molecular weight is 299 g/mol. The highest BCUT2D eigenvalue weighted by atomic mass is 32.2. The third kappa shape index (κ3) is 2.85. The van der Waals surface area contributed by atoms with E-state index in [-0.39, 0.29) is 11.4 Å². The Balaban J connectivity index is 1.93. The zero-order chi connectivity index (χ0) is 15.0. The number of nitrogens with zero attached hydrogens (tertiary/aromatic N) is 3. The highest BCUT2D eigenvalue weighted by molar-refractivity contribution is 7.99. The molecule has 0 radical (unpaired) electrons. The lowest BCUT2D eigenvalue weighted by Crippen LogP contribution is -2.10. The standard InChI is InChI=1S/C15H17N5S/c1-15(2,3)9-4-6-10(7-5-9)21-13-11-8-17-20-12(11)18-14(16)19-13/h4-8H,1-3H3,(H3,16,17,18,19,20). The fraction of sp³-hybridized carbons (Fsp3) is 0.267. The SMILES string of the molecule is CC(C)(C)c1ccc(Sc2nc(N)nc3[nH]ncc23)cc1. The maximum absolute atomic E-state index is 5.74. The summed E-state index contributed by atoms with van der Waals surface area (Å²) in [6.07, 6.45) is 1.72. The van der Waals surface area contributed by atoms with Crippen LogP contribution in [0, 0.1) is 0 Å². The second-order valence-corrected chi connectivity index (χ2v) is 6.96. The number of hydrogen-bond donors (Lipinski definition) is 2. The van der Waals surface area contributed by atoms with Crippen LogP contribution < -0.4 is 5.73 Å². The molecular formula is C15H17N5S. The molecule has 0 aliphatic heterocycles. The van der Waals surface area contributed by atoms with Crippen LogP contribution in [0.2, 0.25) is 0 Å². The van der Waals surface area contributed by atoms with Gasteiger partial charge in [-0.1, -0.05) is 44.7 Å². The topological polar surface area (TPSA) is 80.5 Å². The zero-order valence-corrected chi connectivity index (χ0v) is 13.0. The second-order valence-electron chi connectivity index (χ2n) is 5.90. The molecule has 21 heavy (non-hydrogen) atoms. The zero-order valence-electron chi connectivity index (χ0n) is 12.2. The van der Waals surface area contributed by atoms with Gasteiger partial charge in [0.25, 0.3) is 0 Å². The molecule has 3 aromatic rings. The molecule has 0 atom stereocenters. The highest BCUT2D eigenvalue weighted by Gasteiger charge is 2.14. The van der Waals surface area contributed by atoms with Crippen molar-refractivity contribution in [1.29, 1.82) is 0 Å². The highest BCUT2D eigenvalue weighted by Crippen LogP contribution is 2.32. The summed E-state index contributed by atoms with van der Waals surface area (Å²) in [5.41, 5.74) is 7.86. The second kappa shape index (κ2) is 5.04. The molecule has 3 N–H and O–H groups in total. The van der Waals surface area contributed by atoms with Gasteiger partial charge >= 0.3 is 0 Å². The van der Waals surface area contributed by atoms with E-state index >= 15 is 0 Å². The van der Waals surface area contributed by atoms with Gasteiger partial charge in [0.05, 0.1) is 11.6 Å². The molecule has 5 nitrogen and oxygen atoms in total. The van der Waals surface area contributed by atoms with Gasteiger partial charge in [0, 0.05) is 4.90 Å². The summed E-state index contributed by atoms with van der Waals surface area (Å²) >= 11 is 1.56. The number of H-pyrrole nitrogens is 1. The summed E-state index contributed by atoms with van der Waals surface area (Å²) in [4.78, 5) is 9.54. The smallest absolute Gasteiger partial charge is 0.223 e. The Morgan fingerprint density at radius 2 is 1.81 bits per heavy atom. The molecule has 6 heteroatoms. The van der Waals surface area contributed by atoms with E-state index in [1.54, 1.807) is 18.0 Å². The Labute approximate surface area is 127 Å². The summed E-state index contributed by atoms with van der Waals surface area (Å²) in [6, 6.07) is 8.52. The molecule has 2 aromatic heterocycles. The number of aromatic amines is 1. The van der Waals surface area contributed by atoms with Crippen molar-refractivity contribution in [3.63, 3.8) is 0 Å². The van der Waals surface area contributed by atoms with Crippen molar-refractivity contribution >= 4 is 28.7 Å². The van der Waals surface area contributed by atoms with Crippen LogP contribution in [-0.2, 0) is 5.41 Å². The third-order valence-corrected chi connectivity index (χ3v) is 4.24. The van der Waals surface area contributed by atoms with Gasteiger partial charge in [0.15, 0.2) is 5.65 Å². The summed E-state index contributed by atoms with van der Waals surface area (Å²) < 4.78 is 0. The summed E-state index contributed by atoms with van der Waals surface area (Å²) in [6.45, 7) is 6.61. The van der Waals surface area contributed by atoms with Gasteiger partial charge < -0.3 is 5.73 Å². The Hall–Kier alpha value is -2.08. The number of hydrogen-bond acceptors (Lipinski definition) is 5. The number of anilines is 1. The number of aromatic nitrogens is 4. The number of nitrogen functional groups attached to an aromatic ring is 1. The van der Waals surface area contributed by atoms with Gasteiger partial charge in [-0.2, -0.15) is 10.1 Å². The van der Waals surface area contributed by atoms with E-state index in [0.717, 1.165) is 15.3 Å². The summed E-state index contributed by atoms with van der Waals surface area (Å²) in [5.74, 6) is 0.251. The van der Waals surface area contributed by atoms with E-state index in [2.05, 4.69) is 65.2 Å². The van der Waals surface area contributed by atoms with Crippen LogP contribution in [-0.4, -0.2) is 20.2 Å². The van der Waals surface area contributed by atoms with Crippen molar-refractivity contribution in [1.82, 2.24) is 20.2 Å². The Morgan fingerprint density at radius 3 is 2.48 bits per heavy atom. The first-order valence-electron chi connectivity index (χ1n) is 6.68. The number of rotatable bonds is 2. The molecule has 0 bridgehead atoms. The fourth-order valence-corrected chi connectivity index (χ4v) is 2.93. The van der Waals surface area contributed by atoms with E-state index in [1.165, 1.54) is 5.56 Å². The van der Waals surface area contributed by atoms with Crippen LogP contribution in [0.15, 0.2) is 40.4 Å². The van der Waals surface area contributed by atoms with E-state index in [0.29, 0.717) is 5.65 Å². The first-order valence-corrected chi connectivity index (χ1v) is 7.50. The Morgan fingerprint density at radius 1 is 1.10 bits per heavy atom. The van der Waals surface area contributed by atoms with Crippen molar-refractivity contribution in [2.75, 3.05) is 5.73 Å². The Bertz CT molecular complexity index is 771. The molecule has 0 spiro atoms. The quantitative estimate of drug-likeness (QED) is 0.709. The molecule has 2 heterocycles. The van der Waals surface area contributed by atoms with Crippen molar-refractivity contribution in [3.8, 4) is 0 Å². The molecule has 0 saturated carbocycles. The van der Waals surface area contributed by atoms with Gasteiger partial charge in [-0.25, -0.2) is 4.98 Å². The van der Waals surface area contributed by atoms with Crippen molar-refractivity contribution < 1.29 is 0 Å². The first kappa shape index (κ1) is 13.9. The van der Waals surface area contributed by atoms with Crippen molar-refractivity contribution in [3.05, 3.63) is 36.0 Å². The molecule has 1 aromatic carbocycles. The van der Waals surface area contributed by atoms with E-state index in [1.807, 2.05) is 0 Å². The molecule has 0 fully saturated rings. The van der Waals surface area contributed by atoms with E-state index in [4.69, 9.17) is 5.73 Å². The lowest BCUT2D eigenvalue weighted by Gasteiger charge is -2.19. The lowest BCUT2D eigenvalue weighted by molar-refractivity contribution is 0.590. The predicted molar refractivity (Wildman–Crippen MR) is 85.4 cm³/mol. The van der Waals surface area contributed by atoms with Crippen molar-refractivity contribution in [2.45, 2.75) is 36.1 Å². The largest absolute Gasteiger partial charge is 0.368 e. The maximum atomic E-state index is 5.74. The molecule has 3 rings (SSSR count). The lowest BCUT2D eigenvalue weighted by atomic mass is 9.87. The third-order valence-electron chi connectivity index (χ3n) is 3.23. The summed E-state index contributed by atoms with van der Waals surface area (Å²) in [5, 5.41) is 8.51. The van der Waals surface area contributed by atoms with Crippen LogP contribution in [0.3, 0.4) is 0 Å². The normalized spacial score (nSPS) is 12.0. The van der Waals surface area contributed by atoms with E-state index in [9.17, 15) is 0 Å². The van der Waals surface area contributed by atoms with Crippen LogP contribution >= 0.6 is 11.8 Å². The minimum Gasteiger partial charge on any atom is -0.368 e. The van der Waals surface area contributed by atoms with Gasteiger partial charge in [0.2, 0.25) is 5.95 Å². The molecule has 108 valence electrons. The maximum Gasteiger partial charge on any atom is 0.223 e. The van der Waals surface area contributed by atoms with Crippen LogP contribution in [0.1, 0.15) is 26.3 Å². The fourth-order valence-electron chi connectivity index (χ4n) is 2.04. The molecule has 0 saturated heterocycles. The first-order chi connectivity index (χ1) is 9.93. The average Bonchev–Trinajstić information content (AvgIpc) is 2.86. The minimum atomic E-state index is 0.153. The number of nitrogens with one attached hydrogen (secondary N) is 1. The predicted octanol–water partition coefficient (Wildman–Crippen LogP) is 3.38. The van der Waals surface area contributed by atoms with E-state index < -0.39 is 0 Å². The van der Waals surface area contributed by atoms with Crippen LogP contribution in [0.4, 0.5) is 5.95 Å². The monoisotopic (exact) mass is 299 g/mol. The molecule has 0 aliphatic carbocycles.